The van der Waals surface area contributed by atoms with Crippen LogP contribution in [0.1, 0.15) is 19.4 Å². The number of rotatable bonds is 6. The molecular formula is C12H15BrN6O2. The van der Waals surface area contributed by atoms with Gasteiger partial charge in [-0.2, -0.15) is 5.10 Å². The first kappa shape index (κ1) is 15.2. The second-order valence-electron chi connectivity index (χ2n) is 3.87. The zero-order valence-corrected chi connectivity index (χ0v) is 13.2. The van der Waals surface area contributed by atoms with Crippen LogP contribution in [0.15, 0.2) is 21.7 Å². The molecule has 0 spiro atoms. The summed E-state index contributed by atoms with van der Waals surface area (Å²) in [4.78, 5) is 1.13. The van der Waals surface area contributed by atoms with E-state index in [0.717, 1.165) is 14.8 Å². The number of hydrogen-bond acceptors (Lipinski definition) is 7. The summed E-state index contributed by atoms with van der Waals surface area (Å²) in [6.45, 7) is 4.91. The molecule has 0 unspecified atom stereocenters. The third-order valence-corrected chi connectivity index (χ3v) is 3.00. The third kappa shape index (κ3) is 3.69. The largest absolute Gasteiger partial charge is 0.490 e. The third-order valence-electron chi connectivity index (χ3n) is 2.41. The van der Waals surface area contributed by atoms with E-state index in [4.69, 9.17) is 15.2 Å². The van der Waals surface area contributed by atoms with Gasteiger partial charge in [0.2, 0.25) is 0 Å². The predicted octanol–water partition coefficient (Wildman–Crippen LogP) is 1.70. The maximum absolute atomic E-state index is 5.58. The summed E-state index contributed by atoms with van der Waals surface area (Å²) in [5, 5.41) is 14.6. The van der Waals surface area contributed by atoms with E-state index in [1.165, 1.54) is 0 Å². The van der Waals surface area contributed by atoms with Crippen molar-refractivity contribution in [3.8, 4) is 11.5 Å². The highest BCUT2D eigenvalue weighted by Gasteiger charge is 2.11. The number of nitrogens with zero attached hydrogens (tertiary/aromatic N) is 5. The van der Waals surface area contributed by atoms with Crippen LogP contribution in [0.4, 0.5) is 5.95 Å². The SMILES string of the molecule is CCOc1cc(C=Nn2nnnc2N)cc(Br)c1OCC. The molecule has 0 fully saturated rings. The number of nitrogens with two attached hydrogens (primary N) is 1. The molecule has 0 aliphatic carbocycles. The Morgan fingerprint density at radius 3 is 2.71 bits per heavy atom. The van der Waals surface area contributed by atoms with E-state index < -0.39 is 0 Å². The van der Waals surface area contributed by atoms with Gasteiger partial charge < -0.3 is 15.2 Å². The fourth-order valence-corrected chi connectivity index (χ4v) is 2.18. The van der Waals surface area contributed by atoms with E-state index in [1.807, 2.05) is 26.0 Å². The topological polar surface area (TPSA) is 100 Å². The summed E-state index contributed by atoms with van der Waals surface area (Å²) < 4.78 is 11.9. The Bertz CT molecular complexity index is 643. The molecule has 2 rings (SSSR count). The van der Waals surface area contributed by atoms with E-state index >= 15 is 0 Å². The highest BCUT2D eigenvalue weighted by Crippen LogP contribution is 2.36. The molecule has 0 aliphatic rings. The number of hydrogen-bond donors (Lipinski definition) is 1. The van der Waals surface area contributed by atoms with Crippen LogP contribution < -0.4 is 15.2 Å². The lowest BCUT2D eigenvalue weighted by Gasteiger charge is -2.13. The zero-order chi connectivity index (χ0) is 15.2. The average molecular weight is 355 g/mol. The molecule has 9 heteroatoms. The molecule has 1 aromatic carbocycles. The van der Waals surface area contributed by atoms with E-state index in [1.54, 1.807) is 6.21 Å². The molecule has 1 heterocycles. The van der Waals surface area contributed by atoms with Crippen molar-refractivity contribution in [3.05, 3.63) is 22.2 Å². The number of anilines is 1. The Hall–Kier alpha value is -2.16. The lowest BCUT2D eigenvalue weighted by Crippen LogP contribution is -2.02. The molecule has 0 saturated heterocycles. The van der Waals surface area contributed by atoms with Gasteiger partial charge in [0.05, 0.1) is 23.9 Å². The van der Waals surface area contributed by atoms with Crippen LogP contribution in [0.5, 0.6) is 11.5 Å². The summed E-state index contributed by atoms with van der Waals surface area (Å²) in [5.41, 5.74) is 6.33. The van der Waals surface area contributed by atoms with E-state index in [2.05, 4.69) is 36.6 Å². The Morgan fingerprint density at radius 2 is 2.10 bits per heavy atom. The first-order valence-corrected chi connectivity index (χ1v) is 7.12. The van der Waals surface area contributed by atoms with Gasteiger partial charge in [-0.3, -0.25) is 0 Å². The average Bonchev–Trinajstić information content (AvgIpc) is 2.86. The minimum atomic E-state index is 0.112. The van der Waals surface area contributed by atoms with Gasteiger partial charge in [-0.05, 0) is 57.9 Å². The van der Waals surface area contributed by atoms with Crippen molar-refractivity contribution in [2.24, 2.45) is 5.10 Å². The molecule has 8 nitrogen and oxygen atoms in total. The summed E-state index contributed by atoms with van der Waals surface area (Å²) >= 11 is 3.46. The van der Waals surface area contributed by atoms with Crippen molar-refractivity contribution in [3.63, 3.8) is 0 Å². The van der Waals surface area contributed by atoms with Gasteiger partial charge in [0.15, 0.2) is 11.5 Å². The molecule has 0 radical (unpaired) electrons. The maximum atomic E-state index is 5.58. The Balaban J connectivity index is 2.32. The smallest absolute Gasteiger partial charge is 0.263 e. The number of aromatic nitrogens is 4. The molecule has 0 amide bonds. The molecule has 112 valence electrons. The van der Waals surface area contributed by atoms with Crippen molar-refractivity contribution >= 4 is 28.1 Å². The number of halogens is 1. The van der Waals surface area contributed by atoms with Crippen molar-refractivity contribution in [2.75, 3.05) is 18.9 Å². The van der Waals surface area contributed by atoms with Crippen LogP contribution in [-0.4, -0.2) is 39.7 Å². The molecule has 0 bridgehead atoms. The van der Waals surface area contributed by atoms with Gasteiger partial charge >= 0.3 is 0 Å². The molecule has 2 N–H and O–H groups in total. The van der Waals surface area contributed by atoms with Crippen molar-refractivity contribution in [2.45, 2.75) is 13.8 Å². The fourth-order valence-electron chi connectivity index (χ4n) is 1.60. The predicted molar refractivity (Wildman–Crippen MR) is 81.7 cm³/mol. The minimum absolute atomic E-state index is 0.112. The van der Waals surface area contributed by atoms with Crippen LogP contribution in [0.2, 0.25) is 0 Å². The van der Waals surface area contributed by atoms with Gasteiger partial charge in [0.25, 0.3) is 5.95 Å². The Morgan fingerprint density at radius 1 is 1.33 bits per heavy atom. The molecule has 0 aliphatic heterocycles. The number of benzene rings is 1. The van der Waals surface area contributed by atoms with Gasteiger partial charge in [0, 0.05) is 0 Å². The van der Waals surface area contributed by atoms with Gasteiger partial charge in [0.1, 0.15) is 0 Å². The zero-order valence-electron chi connectivity index (χ0n) is 11.7. The molecule has 0 atom stereocenters. The molecule has 21 heavy (non-hydrogen) atoms. The summed E-state index contributed by atoms with van der Waals surface area (Å²) in [6.07, 6.45) is 1.58. The van der Waals surface area contributed by atoms with E-state index in [0.29, 0.717) is 24.7 Å². The first-order chi connectivity index (χ1) is 10.2. The van der Waals surface area contributed by atoms with Crippen LogP contribution in [0, 0.1) is 0 Å². The number of ether oxygens (including phenoxy) is 2. The molecule has 0 saturated carbocycles. The highest BCUT2D eigenvalue weighted by molar-refractivity contribution is 9.10. The summed E-state index contributed by atoms with van der Waals surface area (Å²) in [7, 11) is 0. The number of nitrogen functional groups attached to an aromatic ring is 1. The number of tetrazole rings is 1. The standard InChI is InChI=1S/C12H15BrN6O2/c1-3-20-10-6-8(5-9(13)11(10)21-4-2)7-15-19-12(14)16-17-18-19/h5-7H,3-4H2,1-2H3,(H2,14,16,18). The highest BCUT2D eigenvalue weighted by atomic mass is 79.9. The second kappa shape index (κ2) is 7.02. The summed E-state index contributed by atoms with van der Waals surface area (Å²) in [6, 6.07) is 3.68. The van der Waals surface area contributed by atoms with Crippen LogP contribution in [0.3, 0.4) is 0 Å². The van der Waals surface area contributed by atoms with Crippen LogP contribution >= 0.6 is 15.9 Å². The quantitative estimate of drug-likeness (QED) is 0.792. The van der Waals surface area contributed by atoms with Crippen molar-refractivity contribution in [1.82, 2.24) is 20.3 Å². The van der Waals surface area contributed by atoms with Crippen molar-refractivity contribution in [1.29, 1.82) is 0 Å². The van der Waals surface area contributed by atoms with Crippen molar-refractivity contribution < 1.29 is 9.47 Å². The Kier molecular flexibility index (Phi) is 5.09. The van der Waals surface area contributed by atoms with E-state index in [-0.39, 0.29) is 5.95 Å². The van der Waals surface area contributed by atoms with Crippen LogP contribution in [0.25, 0.3) is 0 Å². The monoisotopic (exact) mass is 354 g/mol. The van der Waals surface area contributed by atoms with Gasteiger partial charge in [-0.25, -0.2) is 0 Å². The second-order valence-corrected chi connectivity index (χ2v) is 4.72. The molecule has 1 aromatic heterocycles. The Labute approximate surface area is 130 Å². The molecule has 2 aromatic rings. The van der Waals surface area contributed by atoms with Gasteiger partial charge in [-0.15, -0.1) is 0 Å². The normalized spacial score (nSPS) is 11.0. The first-order valence-electron chi connectivity index (χ1n) is 6.33. The maximum Gasteiger partial charge on any atom is 0.263 e. The fraction of sp³-hybridized carbons (Fsp3) is 0.333. The lowest BCUT2D eigenvalue weighted by atomic mass is 10.2. The van der Waals surface area contributed by atoms with E-state index in [9.17, 15) is 0 Å². The lowest BCUT2D eigenvalue weighted by molar-refractivity contribution is 0.286. The van der Waals surface area contributed by atoms with Gasteiger partial charge in [-0.1, -0.05) is 9.89 Å². The van der Waals surface area contributed by atoms with Crippen LogP contribution in [-0.2, 0) is 0 Å². The molecular weight excluding hydrogens is 340 g/mol. The summed E-state index contributed by atoms with van der Waals surface area (Å²) in [5.74, 6) is 1.42. The minimum Gasteiger partial charge on any atom is -0.490 e.